The molecule has 1 atom stereocenters. The van der Waals surface area contributed by atoms with Crippen molar-refractivity contribution in [3.63, 3.8) is 0 Å². The zero-order valence-electron chi connectivity index (χ0n) is 12.3. The fourth-order valence-corrected chi connectivity index (χ4v) is 1.86. The first-order valence-corrected chi connectivity index (χ1v) is 6.36. The second kappa shape index (κ2) is 7.28. The van der Waals surface area contributed by atoms with Gasteiger partial charge in [-0.2, -0.15) is 0 Å². The summed E-state index contributed by atoms with van der Waals surface area (Å²) in [6, 6.07) is 0.535. The normalized spacial score (nSPS) is 13.6. The minimum Gasteiger partial charge on any atom is -0.386 e. The molecule has 0 aliphatic rings. The van der Waals surface area contributed by atoms with Crippen molar-refractivity contribution in [3.8, 4) is 0 Å². The number of hydrazone groups is 1. The van der Waals surface area contributed by atoms with E-state index >= 15 is 0 Å². The molecule has 0 aliphatic carbocycles. The molecule has 0 amide bonds. The molecule has 1 rings (SSSR count). The van der Waals surface area contributed by atoms with Crippen LogP contribution in [0.15, 0.2) is 17.2 Å². The second-order valence-electron chi connectivity index (χ2n) is 5.02. The molecule has 0 heterocycles. The van der Waals surface area contributed by atoms with E-state index in [1.165, 1.54) is 6.92 Å². The molecule has 4 N–H and O–H groups in total. The lowest BCUT2D eigenvalue weighted by atomic mass is 10.0. The molecule has 118 valence electrons. The lowest BCUT2D eigenvalue weighted by Gasteiger charge is -2.27. The summed E-state index contributed by atoms with van der Waals surface area (Å²) in [5.74, 6) is 2.68. The van der Waals surface area contributed by atoms with Crippen LogP contribution in [0.3, 0.4) is 0 Å². The van der Waals surface area contributed by atoms with Crippen LogP contribution in [0.5, 0.6) is 0 Å². The van der Waals surface area contributed by atoms with Gasteiger partial charge in [0.2, 0.25) is 0 Å². The molecule has 1 unspecified atom stereocenters. The smallest absolute Gasteiger partial charge is 0.161 e. The Morgan fingerprint density at radius 2 is 1.76 bits per heavy atom. The number of amidine groups is 1. The molecular weight excluding hydrogens is 283 g/mol. The third-order valence-electron chi connectivity index (χ3n) is 2.84. The Balaban J connectivity index is 3.16. The molecular formula is C13H20F3N5. The zero-order valence-corrected chi connectivity index (χ0v) is 12.3. The average Bonchev–Trinajstić information content (AvgIpc) is 2.34. The molecule has 0 spiro atoms. The number of halogens is 3. The predicted octanol–water partition coefficient (Wildman–Crippen LogP) is 1.56. The van der Waals surface area contributed by atoms with E-state index in [4.69, 9.17) is 11.6 Å². The van der Waals surface area contributed by atoms with E-state index in [2.05, 4.69) is 5.10 Å². The first-order chi connectivity index (χ1) is 9.72. The third-order valence-corrected chi connectivity index (χ3v) is 2.84. The van der Waals surface area contributed by atoms with Gasteiger partial charge in [0.25, 0.3) is 0 Å². The van der Waals surface area contributed by atoms with E-state index in [1.807, 2.05) is 19.0 Å². The fraction of sp³-hybridized carbons (Fsp3) is 0.462. The lowest BCUT2D eigenvalue weighted by molar-refractivity contribution is 0.182. The summed E-state index contributed by atoms with van der Waals surface area (Å²) >= 11 is 0. The van der Waals surface area contributed by atoms with Crippen LogP contribution in [0.25, 0.3) is 0 Å². The van der Waals surface area contributed by atoms with Crippen LogP contribution in [0, 0.1) is 17.5 Å². The van der Waals surface area contributed by atoms with Gasteiger partial charge in [0, 0.05) is 11.6 Å². The number of hydrazine groups is 1. The molecule has 21 heavy (non-hydrogen) atoms. The molecule has 0 radical (unpaired) electrons. The van der Waals surface area contributed by atoms with Crippen molar-refractivity contribution in [1.82, 2.24) is 10.0 Å². The number of nitrogens with zero attached hydrogens (tertiary/aromatic N) is 3. The van der Waals surface area contributed by atoms with Crippen LogP contribution < -0.4 is 11.6 Å². The van der Waals surface area contributed by atoms with E-state index in [1.54, 1.807) is 0 Å². The maximum atomic E-state index is 13.9. The van der Waals surface area contributed by atoms with Gasteiger partial charge in [-0.3, -0.25) is 0 Å². The molecule has 0 saturated carbocycles. The fourth-order valence-electron chi connectivity index (χ4n) is 1.86. The summed E-state index contributed by atoms with van der Waals surface area (Å²) in [4.78, 5) is 1.86. The topological polar surface area (TPSA) is 70.9 Å². The molecule has 0 bridgehead atoms. The van der Waals surface area contributed by atoms with Crippen LogP contribution in [-0.2, 0) is 0 Å². The summed E-state index contributed by atoms with van der Waals surface area (Å²) in [6.45, 7) is 2.07. The first kappa shape index (κ1) is 17.3. The van der Waals surface area contributed by atoms with Crippen molar-refractivity contribution in [2.24, 2.45) is 16.7 Å². The molecule has 0 saturated heterocycles. The van der Waals surface area contributed by atoms with Crippen molar-refractivity contribution in [2.45, 2.75) is 19.4 Å². The van der Waals surface area contributed by atoms with Gasteiger partial charge >= 0.3 is 0 Å². The molecule has 0 aliphatic heterocycles. The maximum absolute atomic E-state index is 13.9. The first-order valence-electron chi connectivity index (χ1n) is 6.36. The van der Waals surface area contributed by atoms with Gasteiger partial charge in [-0.05, 0) is 40.1 Å². The van der Waals surface area contributed by atoms with E-state index < -0.39 is 23.5 Å². The Morgan fingerprint density at radius 1 is 1.19 bits per heavy atom. The van der Waals surface area contributed by atoms with E-state index in [-0.39, 0.29) is 11.4 Å². The van der Waals surface area contributed by atoms with E-state index in [9.17, 15) is 13.2 Å². The Bertz CT molecular complexity index is 515. The third kappa shape index (κ3) is 4.91. The van der Waals surface area contributed by atoms with Crippen LogP contribution in [0.4, 0.5) is 13.2 Å². The number of rotatable bonds is 6. The molecule has 8 heteroatoms. The molecule has 1 aromatic rings. The largest absolute Gasteiger partial charge is 0.386 e. The Hall–Kier alpha value is -1.80. The Labute approximate surface area is 122 Å². The Kier molecular flexibility index (Phi) is 5.98. The molecule has 0 aromatic heterocycles. The summed E-state index contributed by atoms with van der Waals surface area (Å²) in [6.07, 6.45) is 0.363. The maximum Gasteiger partial charge on any atom is 0.161 e. The second-order valence-corrected chi connectivity index (χ2v) is 5.02. The predicted molar refractivity (Wildman–Crippen MR) is 75.6 cm³/mol. The van der Waals surface area contributed by atoms with E-state index in [0.717, 1.165) is 11.2 Å². The van der Waals surface area contributed by atoms with Crippen molar-refractivity contribution < 1.29 is 13.2 Å². The zero-order chi connectivity index (χ0) is 16.2. The highest BCUT2D eigenvalue weighted by atomic mass is 19.2. The van der Waals surface area contributed by atoms with Gasteiger partial charge in [-0.15, -0.1) is 5.10 Å². The van der Waals surface area contributed by atoms with Gasteiger partial charge in [-0.25, -0.2) is 24.1 Å². The van der Waals surface area contributed by atoms with Crippen LogP contribution >= 0.6 is 0 Å². The highest BCUT2D eigenvalue weighted by Crippen LogP contribution is 2.27. The summed E-state index contributed by atoms with van der Waals surface area (Å²) in [7, 11) is 3.66. The van der Waals surface area contributed by atoms with Gasteiger partial charge in [0.05, 0.1) is 6.04 Å². The van der Waals surface area contributed by atoms with Crippen molar-refractivity contribution >= 4 is 5.84 Å². The van der Waals surface area contributed by atoms with Gasteiger partial charge < -0.3 is 10.6 Å². The lowest BCUT2D eigenvalue weighted by Crippen LogP contribution is -2.35. The minimum atomic E-state index is -1.25. The Morgan fingerprint density at radius 3 is 2.29 bits per heavy atom. The number of nitrogens with two attached hydrogens (primary N) is 2. The monoisotopic (exact) mass is 303 g/mol. The molecule has 5 nitrogen and oxygen atoms in total. The number of benzene rings is 1. The average molecular weight is 303 g/mol. The number of hydrogen-bond donors (Lipinski definition) is 2. The standard InChI is InChI=1S/C13H20F3N5/c1-8(17)19-21(18)13(4-5-20(2)3)9-6-11(15)12(16)7-10(9)14/h6-7,13H,4-5,18H2,1-3H3,(H2,17,19). The van der Waals surface area contributed by atoms with Gasteiger partial charge in [0.15, 0.2) is 11.6 Å². The minimum absolute atomic E-state index is 0.0664. The highest BCUT2D eigenvalue weighted by Gasteiger charge is 2.23. The summed E-state index contributed by atoms with van der Waals surface area (Å²) in [5.41, 5.74) is 5.38. The van der Waals surface area contributed by atoms with Crippen molar-refractivity contribution in [1.29, 1.82) is 0 Å². The van der Waals surface area contributed by atoms with Crippen LogP contribution in [0.1, 0.15) is 24.9 Å². The van der Waals surface area contributed by atoms with Gasteiger partial charge in [-0.1, -0.05) is 0 Å². The molecule has 0 fully saturated rings. The quantitative estimate of drug-likeness (QED) is 0.275. The SMILES string of the molecule is C/C(N)=N/N(N)C(CCN(C)C)c1cc(F)c(F)cc1F. The van der Waals surface area contributed by atoms with Crippen molar-refractivity contribution in [3.05, 3.63) is 35.1 Å². The highest BCUT2D eigenvalue weighted by molar-refractivity contribution is 5.77. The summed E-state index contributed by atoms with van der Waals surface area (Å²) < 4.78 is 40.3. The van der Waals surface area contributed by atoms with Crippen LogP contribution in [-0.4, -0.2) is 36.5 Å². The number of hydrogen-bond acceptors (Lipinski definition) is 4. The molecule has 1 aromatic carbocycles. The van der Waals surface area contributed by atoms with Gasteiger partial charge in [0.1, 0.15) is 11.7 Å². The van der Waals surface area contributed by atoms with Crippen molar-refractivity contribution in [2.75, 3.05) is 20.6 Å². The summed E-state index contributed by atoms with van der Waals surface area (Å²) in [5, 5.41) is 4.80. The van der Waals surface area contributed by atoms with E-state index in [0.29, 0.717) is 19.0 Å². The van der Waals surface area contributed by atoms with Crippen LogP contribution in [0.2, 0.25) is 0 Å².